The van der Waals surface area contributed by atoms with Crippen LogP contribution in [0.5, 0.6) is 5.75 Å². The summed E-state index contributed by atoms with van der Waals surface area (Å²) in [6.45, 7) is 5.51. The summed E-state index contributed by atoms with van der Waals surface area (Å²) in [5, 5.41) is 7.87. The molecule has 0 unspecified atom stereocenters. The molecule has 0 spiro atoms. The number of pyridine rings is 1. The molecule has 0 saturated carbocycles. The maximum absolute atomic E-state index is 13.1. The molecule has 0 radical (unpaired) electrons. The van der Waals surface area contributed by atoms with Crippen LogP contribution in [0.25, 0.3) is 22.6 Å². The van der Waals surface area contributed by atoms with E-state index in [0.717, 1.165) is 43.0 Å². The number of rotatable bonds is 3. The standard InChI is InChI=1S/C21H21F3N6O/c1-12-13(2)30-19(26-12)4-3-16(28-30)15-9-18(31-21(22,23)24)20-27-17(11-29(20)10-15)14-5-7-25-8-6-14/h3-4,9-11,14,25H,5-8H2,1-2H3. The Morgan fingerprint density at radius 1 is 1.10 bits per heavy atom. The second-order valence-electron chi connectivity index (χ2n) is 7.83. The van der Waals surface area contributed by atoms with E-state index >= 15 is 0 Å². The van der Waals surface area contributed by atoms with E-state index in [1.165, 1.54) is 6.07 Å². The number of hydrogen-bond donors (Lipinski definition) is 1. The van der Waals surface area contributed by atoms with Gasteiger partial charge in [-0.3, -0.25) is 0 Å². The van der Waals surface area contributed by atoms with Crippen molar-refractivity contribution in [2.24, 2.45) is 0 Å². The number of fused-ring (bicyclic) bond motifs is 2. The maximum atomic E-state index is 13.1. The average Bonchev–Trinajstić information content (AvgIpc) is 3.29. The Kier molecular flexibility index (Phi) is 4.62. The van der Waals surface area contributed by atoms with E-state index in [4.69, 9.17) is 0 Å². The zero-order valence-electron chi connectivity index (χ0n) is 17.1. The van der Waals surface area contributed by atoms with Crippen LogP contribution in [0.1, 0.15) is 35.8 Å². The second kappa shape index (κ2) is 7.23. The molecule has 7 nitrogen and oxygen atoms in total. The Balaban J connectivity index is 1.65. The van der Waals surface area contributed by atoms with Crippen LogP contribution in [0.2, 0.25) is 0 Å². The zero-order chi connectivity index (χ0) is 21.8. The summed E-state index contributed by atoms with van der Waals surface area (Å²) in [6.07, 6.45) is 0.495. The molecule has 4 aromatic rings. The lowest BCUT2D eigenvalue weighted by atomic mass is 9.95. The van der Waals surface area contributed by atoms with Crippen molar-refractivity contribution in [3.63, 3.8) is 0 Å². The fourth-order valence-electron chi connectivity index (χ4n) is 4.05. The number of nitrogens with zero attached hydrogens (tertiary/aromatic N) is 5. The minimum Gasteiger partial charge on any atom is -0.402 e. The molecule has 0 aromatic carbocycles. The van der Waals surface area contributed by atoms with Crippen molar-refractivity contribution < 1.29 is 17.9 Å². The molecule has 0 atom stereocenters. The van der Waals surface area contributed by atoms with E-state index in [1.54, 1.807) is 33.4 Å². The molecule has 5 rings (SSSR count). The van der Waals surface area contributed by atoms with Gasteiger partial charge in [0.2, 0.25) is 0 Å². The largest absolute Gasteiger partial charge is 0.573 e. The van der Waals surface area contributed by atoms with E-state index in [-0.39, 0.29) is 17.3 Å². The fraction of sp³-hybridized carbons (Fsp3) is 0.381. The first-order valence-electron chi connectivity index (χ1n) is 10.1. The summed E-state index contributed by atoms with van der Waals surface area (Å²) in [5.41, 5.74) is 4.33. The third kappa shape index (κ3) is 3.71. The van der Waals surface area contributed by atoms with Crippen molar-refractivity contribution in [1.29, 1.82) is 0 Å². The zero-order valence-corrected chi connectivity index (χ0v) is 17.1. The lowest BCUT2D eigenvalue weighted by Crippen LogP contribution is -2.26. The molecule has 10 heteroatoms. The van der Waals surface area contributed by atoms with E-state index in [1.807, 2.05) is 13.8 Å². The molecular weight excluding hydrogens is 409 g/mol. The Bertz CT molecular complexity index is 1270. The molecule has 0 amide bonds. The van der Waals surface area contributed by atoms with Crippen LogP contribution in [0.15, 0.2) is 30.6 Å². The minimum absolute atomic E-state index is 0.144. The molecule has 1 aliphatic rings. The molecule has 1 fully saturated rings. The summed E-state index contributed by atoms with van der Waals surface area (Å²) >= 11 is 0. The minimum atomic E-state index is -4.82. The van der Waals surface area contributed by atoms with Crippen molar-refractivity contribution in [2.75, 3.05) is 13.1 Å². The molecular formula is C21H21F3N6O. The van der Waals surface area contributed by atoms with Crippen LogP contribution < -0.4 is 10.1 Å². The van der Waals surface area contributed by atoms with Gasteiger partial charge < -0.3 is 14.5 Å². The summed E-state index contributed by atoms with van der Waals surface area (Å²) in [4.78, 5) is 8.92. The molecule has 1 N–H and O–H groups in total. The van der Waals surface area contributed by atoms with Gasteiger partial charge in [0, 0.05) is 23.9 Å². The molecule has 1 saturated heterocycles. The number of halogens is 3. The number of hydrogen-bond acceptors (Lipinski definition) is 5. The van der Waals surface area contributed by atoms with Crippen molar-refractivity contribution in [3.8, 4) is 17.0 Å². The van der Waals surface area contributed by atoms with Gasteiger partial charge in [0.25, 0.3) is 0 Å². The van der Waals surface area contributed by atoms with E-state index in [0.29, 0.717) is 16.9 Å². The average molecular weight is 430 g/mol. The second-order valence-corrected chi connectivity index (χ2v) is 7.83. The molecule has 162 valence electrons. The number of piperidine rings is 1. The van der Waals surface area contributed by atoms with Crippen molar-refractivity contribution in [3.05, 3.63) is 47.7 Å². The van der Waals surface area contributed by atoms with Gasteiger partial charge in [0.1, 0.15) is 0 Å². The highest BCUT2D eigenvalue weighted by molar-refractivity contribution is 5.68. The summed E-state index contributed by atoms with van der Waals surface area (Å²) in [6, 6.07) is 4.88. The van der Waals surface area contributed by atoms with Crippen LogP contribution in [-0.4, -0.2) is 43.4 Å². The Labute approximate surface area is 175 Å². The van der Waals surface area contributed by atoms with Gasteiger partial charge in [-0.2, -0.15) is 5.10 Å². The third-order valence-corrected chi connectivity index (χ3v) is 5.75. The Morgan fingerprint density at radius 2 is 1.87 bits per heavy atom. The summed E-state index contributed by atoms with van der Waals surface area (Å²) in [5.74, 6) is -0.139. The first kappa shape index (κ1) is 19.8. The number of alkyl halides is 3. The monoisotopic (exact) mass is 430 g/mol. The van der Waals surface area contributed by atoms with Crippen LogP contribution in [0, 0.1) is 13.8 Å². The van der Waals surface area contributed by atoms with E-state index in [2.05, 4.69) is 25.1 Å². The number of ether oxygens (including phenoxy) is 1. The third-order valence-electron chi connectivity index (χ3n) is 5.75. The van der Waals surface area contributed by atoms with E-state index < -0.39 is 6.36 Å². The molecule has 0 bridgehead atoms. The van der Waals surface area contributed by atoms with Gasteiger partial charge >= 0.3 is 6.36 Å². The number of nitrogens with one attached hydrogen (secondary N) is 1. The predicted octanol–water partition coefficient (Wildman–Crippen LogP) is 4.03. The lowest BCUT2D eigenvalue weighted by Gasteiger charge is -2.20. The van der Waals surface area contributed by atoms with Gasteiger partial charge in [0.05, 0.1) is 22.8 Å². The molecule has 5 heterocycles. The van der Waals surface area contributed by atoms with Gasteiger partial charge in [-0.1, -0.05) is 0 Å². The quantitative estimate of drug-likeness (QED) is 0.532. The molecule has 4 aromatic heterocycles. The highest BCUT2D eigenvalue weighted by Crippen LogP contribution is 2.33. The Hall–Kier alpha value is -3.14. The van der Waals surface area contributed by atoms with Crippen LogP contribution in [0.3, 0.4) is 0 Å². The van der Waals surface area contributed by atoms with E-state index in [9.17, 15) is 13.2 Å². The fourth-order valence-corrected chi connectivity index (χ4v) is 4.05. The van der Waals surface area contributed by atoms with Crippen molar-refractivity contribution in [1.82, 2.24) is 29.3 Å². The first-order chi connectivity index (χ1) is 14.8. The summed E-state index contributed by atoms with van der Waals surface area (Å²) in [7, 11) is 0. The highest BCUT2D eigenvalue weighted by Gasteiger charge is 2.33. The number of aromatic nitrogens is 5. The number of imidazole rings is 2. The topological polar surface area (TPSA) is 68.8 Å². The normalized spacial score (nSPS) is 15.8. The molecule has 0 aliphatic carbocycles. The highest BCUT2D eigenvalue weighted by atomic mass is 19.4. The van der Waals surface area contributed by atoms with Gasteiger partial charge in [0.15, 0.2) is 17.0 Å². The molecule has 1 aliphatic heterocycles. The number of aryl methyl sites for hydroxylation is 2. The van der Waals surface area contributed by atoms with Gasteiger partial charge in [-0.15, -0.1) is 13.2 Å². The summed E-state index contributed by atoms with van der Waals surface area (Å²) < 4.78 is 47.0. The van der Waals surface area contributed by atoms with Crippen molar-refractivity contribution >= 4 is 11.3 Å². The lowest BCUT2D eigenvalue weighted by molar-refractivity contribution is -0.274. The van der Waals surface area contributed by atoms with Crippen LogP contribution >= 0.6 is 0 Å². The van der Waals surface area contributed by atoms with Crippen molar-refractivity contribution in [2.45, 2.75) is 39.0 Å². The van der Waals surface area contributed by atoms with Gasteiger partial charge in [-0.05, 0) is 58.0 Å². The van der Waals surface area contributed by atoms with Gasteiger partial charge in [-0.25, -0.2) is 14.5 Å². The van der Waals surface area contributed by atoms with Crippen LogP contribution in [-0.2, 0) is 0 Å². The Morgan fingerprint density at radius 3 is 2.61 bits per heavy atom. The first-order valence-corrected chi connectivity index (χ1v) is 10.1. The van der Waals surface area contributed by atoms with Crippen LogP contribution in [0.4, 0.5) is 13.2 Å². The predicted molar refractivity (Wildman–Crippen MR) is 108 cm³/mol. The maximum Gasteiger partial charge on any atom is 0.573 e. The smallest absolute Gasteiger partial charge is 0.402 e. The SMILES string of the molecule is Cc1nc2ccc(-c3cc(OC(F)(F)F)c4nc(C5CCNCC5)cn4c3)nn2c1C. The molecule has 31 heavy (non-hydrogen) atoms.